The first-order valence-electron chi connectivity index (χ1n) is 5.94. The first-order chi connectivity index (χ1) is 9.11. The third kappa shape index (κ3) is 1.64. The van der Waals surface area contributed by atoms with Gasteiger partial charge in [-0.3, -0.25) is 9.67 Å². The Bertz CT molecular complexity index is 810. The van der Waals surface area contributed by atoms with Gasteiger partial charge in [0.25, 0.3) is 0 Å². The van der Waals surface area contributed by atoms with E-state index in [2.05, 4.69) is 15.5 Å². The standard InChI is InChI=1S/C13H14N4O2/c1-7-11(14-2)12(16-15-7)8-4-5-9-10(6-8)19-13(18)17(9)3/h4-6,14H,1-3H3,(H,15,16). The Hall–Kier alpha value is -2.50. The van der Waals surface area contributed by atoms with E-state index in [1.165, 1.54) is 4.57 Å². The van der Waals surface area contributed by atoms with Crippen LogP contribution in [-0.2, 0) is 7.05 Å². The van der Waals surface area contributed by atoms with Gasteiger partial charge in [-0.25, -0.2) is 4.79 Å². The van der Waals surface area contributed by atoms with Crippen molar-refractivity contribution < 1.29 is 4.42 Å². The van der Waals surface area contributed by atoms with Crippen molar-refractivity contribution in [3.05, 3.63) is 34.4 Å². The van der Waals surface area contributed by atoms with Crippen molar-refractivity contribution in [1.82, 2.24) is 14.8 Å². The van der Waals surface area contributed by atoms with Crippen LogP contribution in [-0.4, -0.2) is 21.8 Å². The van der Waals surface area contributed by atoms with Gasteiger partial charge in [-0.05, 0) is 19.1 Å². The molecule has 0 aliphatic rings. The minimum Gasteiger partial charge on any atom is -0.408 e. The van der Waals surface area contributed by atoms with Crippen LogP contribution in [0.25, 0.3) is 22.4 Å². The number of aryl methyl sites for hydroxylation is 2. The van der Waals surface area contributed by atoms with E-state index in [0.29, 0.717) is 5.58 Å². The number of hydrogen-bond acceptors (Lipinski definition) is 4. The maximum Gasteiger partial charge on any atom is 0.419 e. The Kier molecular flexibility index (Phi) is 2.45. The van der Waals surface area contributed by atoms with Gasteiger partial charge < -0.3 is 9.73 Å². The molecule has 1 aromatic carbocycles. The number of aromatic nitrogens is 3. The summed E-state index contributed by atoms with van der Waals surface area (Å²) in [4.78, 5) is 11.5. The fourth-order valence-corrected chi connectivity index (χ4v) is 2.23. The summed E-state index contributed by atoms with van der Waals surface area (Å²) in [6.07, 6.45) is 0. The highest BCUT2D eigenvalue weighted by molar-refractivity contribution is 5.84. The maximum atomic E-state index is 11.5. The molecule has 3 aromatic rings. The highest BCUT2D eigenvalue weighted by Crippen LogP contribution is 2.29. The van der Waals surface area contributed by atoms with Crippen molar-refractivity contribution in [2.75, 3.05) is 12.4 Å². The number of nitrogens with one attached hydrogen (secondary N) is 2. The largest absolute Gasteiger partial charge is 0.419 e. The highest BCUT2D eigenvalue weighted by Gasteiger charge is 2.13. The molecule has 19 heavy (non-hydrogen) atoms. The van der Waals surface area contributed by atoms with E-state index in [1.54, 1.807) is 7.05 Å². The zero-order valence-corrected chi connectivity index (χ0v) is 10.9. The van der Waals surface area contributed by atoms with Gasteiger partial charge in [-0.1, -0.05) is 6.07 Å². The van der Waals surface area contributed by atoms with Gasteiger partial charge >= 0.3 is 5.76 Å². The average Bonchev–Trinajstić information content (AvgIpc) is 2.90. The maximum absolute atomic E-state index is 11.5. The molecule has 98 valence electrons. The Balaban J connectivity index is 2.23. The van der Waals surface area contributed by atoms with Crippen molar-refractivity contribution >= 4 is 16.8 Å². The van der Waals surface area contributed by atoms with E-state index in [0.717, 1.165) is 28.2 Å². The number of H-pyrrole nitrogens is 1. The van der Waals surface area contributed by atoms with Gasteiger partial charge in [0, 0.05) is 19.7 Å². The topological polar surface area (TPSA) is 75.8 Å². The van der Waals surface area contributed by atoms with Crippen LogP contribution in [0.3, 0.4) is 0 Å². The van der Waals surface area contributed by atoms with Gasteiger partial charge in [0.05, 0.1) is 16.9 Å². The molecule has 0 bridgehead atoms. The normalized spacial score (nSPS) is 11.1. The number of anilines is 1. The Labute approximate surface area is 109 Å². The van der Waals surface area contributed by atoms with Crippen LogP contribution in [0.5, 0.6) is 0 Å². The molecule has 2 N–H and O–H groups in total. The summed E-state index contributed by atoms with van der Waals surface area (Å²) < 4.78 is 6.67. The number of aromatic amines is 1. The molecule has 2 heterocycles. The number of fused-ring (bicyclic) bond motifs is 1. The fourth-order valence-electron chi connectivity index (χ4n) is 2.23. The van der Waals surface area contributed by atoms with Crippen molar-refractivity contribution in [3.8, 4) is 11.3 Å². The van der Waals surface area contributed by atoms with Gasteiger partial charge in [0.2, 0.25) is 0 Å². The second-order valence-electron chi connectivity index (χ2n) is 4.43. The number of nitrogens with zero attached hydrogens (tertiary/aromatic N) is 2. The number of benzene rings is 1. The minimum absolute atomic E-state index is 0.362. The number of oxazole rings is 1. The molecule has 6 heteroatoms. The van der Waals surface area contributed by atoms with Crippen LogP contribution < -0.4 is 11.1 Å². The summed E-state index contributed by atoms with van der Waals surface area (Å²) in [6.45, 7) is 1.95. The molecule has 6 nitrogen and oxygen atoms in total. The smallest absolute Gasteiger partial charge is 0.408 e. The van der Waals surface area contributed by atoms with Crippen LogP contribution in [0, 0.1) is 6.92 Å². The highest BCUT2D eigenvalue weighted by atomic mass is 16.4. The van der Waals surface area contributed by atoms with Crippen LogP contribution in [0.15, 0.2) is 27.4 Å². The lowest BCUT2D eigenvalue weighted by Crippen LogP contribution is -2.08. The van der Waals surface area contributed by atoms with Gasteiger partial charge in [-0.15, -0.1) is 0 Å². The molecular formula is C13H14N4O2. The molecular weight excluding hydrogens is 244 g/mol. The predicted molar refractivity (Wildman–Crippen MR) is 73.3 cm³/mol. The molecule has 0 spiro atoms. The quantitative estimate of drug-likeness (QED) is 0.735. The number of hydrogen-bond donors (Lipinski definition) is 2. The molecule has 0 fully saturated rings. The summed E-state index contributed by atoms with van der Waals surface area (Å²) in [6, 6.07) is 5.61. The lowest BCUT2D eigenvalue weighted by atomic mass is 10.1. The van der Waals surface area contributed by atoms with Crippen molar-refractivity contribution in [3.63, 3.8) is 0 Å². The van der Waals surface area contributed by atoms with Crippen molar-refractivity contribution in [2.45, 2.75) is 6.92 Å². The zero-order chi connectivity index (χ0) is 13.6. The lowest BCUT2D eigenvalue weighted by Gasteiger charge is -2.02. The molecule has 0 amide bonds. The predicted octanol–water partition coefficient (Wildman–Crippen LogP) is 1.87. The number of rotatable bonds is 2. The van der Waals surface area contributed by atoms with Crippen LogP contribution >= 0.6 is 0 Å². The second-order valence-corrected chi connectivity index (χ2v) is 4.43. The van der Waals surface area contributed by atoms with Gasteiger partial charge in [0.15, 0.2) is 5.58 Å². The minimum atomic E-state index is -0.362. The molecule has 0 unspecified atom stereocenters. The monoisotopic (exact) mass is 258 g/mol. The average molecular weight is 258 g/mol. The van der Waals surface area contributed by atoms with E-state index in [4.69, 9.17) is 4.42 Å². The third-order valence-corrected chi connectivity index (χ3v) is 3.26. The van der Waals surface area contributed by atoms with Crippen molar-refractivity contribution in [2.24, 2.45) is 7.05 Å². The summed E-state index contributed by atoms with van der Waals surface area (Å²) >= 11 is 0. The summed E-state index contributed by atoms with van der Waals surface area (Å²) in [5, 5.41) is 10.3. The molecule has 0 aliphatic carbocycles. The zero-order valence-electron chi connectivity index (χ0n) is 10.9. The SMILES string of the molecule is CNc1c(-c2ccc3c(c2)oc(=O)n3C)n[nH]c1C. The molecule has 0 radical (unpaired) electrons. The van der Waals surface area contributed by atoms with E-state index in [-0.39, 0.29) is 5.76 Å². The van der Waals surface area contributed by atoms with E-state index >= 15 is 0 Å². The molecule has 3 rings (SSSR count). The first kappa shape index (κ1) is 11.6. The van der Waals surface area contributed by atoms with Gasteiger partial charge in [0.1, 0.15) is 5.69 Å². The Morgan fingerprint density at radius 3 is 2.95 bits per heavy atom. The molecule has 0 aliphatic heterocycles. The molecule has 2 aromatic heterocycles. The van der Waals surface area contributed by atoms with Crippen molar-refractivity contribution in [1.29, 1.82) is 0 Å². The van der Waals surface area contributed by atoms with Crippen LogP contribution in [0.1, 0.15) is 5.69 Å². The Morgan fingerprint density at radius 2 is 2.21 bits per heavy atom. The van der Waals surface area contributed by atoms with Crippen LogP contribution in [0.2, 0.25) is 0 Å². The summed E-state index contributed by atoms with van der Waals surface area (Å²) in [5.74, 6) is -0.362. The third-order valence-electron chi connectivity index (χ3n) is 3.26. The Morgan fingerprint density at radius 1 is 1.42 bits per heavy atom. The van der Waals surface area contributed by atoms with E-state index < -0.39 is 0 Å². The summed E-state index contributed by atoms with van der Waals surface area (Å²) in [5.41, 5.74) is 4.95. The van der Waals surface area contributed by atoms with E-state index in [9.17, 15) is 4.79 Å². The molecule has 0 saturated heterocycles. The molecule has 0 saturated carbocycles. The lowest BCUT2D eigenvalue weighted by molar-refractivity contribution is 0.528. The first-order valence-corrected chi connectivity index (χ1v) is 5.94. The molecule has 0 atom stereocenters. The summed E-state index contributed by atoms with van der Waals surface area (Å²) in [7, 11) is 3.54. The second kappa shape index (κ2) is 4.01. The fraction of sp³-hybridized carbons (Fsp3) is 0.231. The van der Waals surface area contributed by atoms with Crippen LogP contribution in [0.4, 0.5) is 5.69 Å². The van der Waals surface area contributed by atoms with Gasteiger partial charge in [-0.2, -0.15) is 5.10 Å². The van der Waals surface area contributed by atoms with E-state index in [1.807, 2.05) is 32.2 Å².